The van der Waals surface area contributed by atoms with Crippen LogP contribution in [0.25, 0.3) is 0 Å². The Morgan fingerprint density at radius 3 is 2.52 bits per heavy atom. The number of aliphatic hydroxyl groups is 1. The molecule has 0 bridgehead atoms. The van der Waals surface area contributed by atoms with Crippen LogP contribution in [0, 0.1) is 19.8 Å². The third-order valence-electron chi connectivity index (χ3n) is 4.93. The number of nitrogens with one attached hydrogen (secondary N) is 1. The highest BCUT2D eigenvalue weighted by Gasteiger charge is 2.33. The molecular weight excluding hydrogens is 266 g/mol. The molecule has 1 aliphatic rings. The number of nitrogens with zero attached hydrogens (tertiary/aromatic N) is 2. The van der Waals surface area contributed by atoms with E-state index in [4.69, 9.17) is 0 Å². The van der Waals surface area contributed by atoms with Crippen LogP contribution < -0.4 is 5.32 Å². The number of amides is 1. The topological polar surface area (TPSA) is 67.2 Å². The zero-order valence-electron chi connectivity index (χ0n) is 13.6. The van der Waals surface area contributed by atoms with Crippen LogP contribution in [0.15, 0.2) is 0 Å². The Labute approximate surface area is 126 Å². The highest BCUT2D eigenvalue weighted by Crippen LogP contribution is 2.33. The van der Waals surface area contributed by atoms with Gasteiger partial charge in [0.05, 0.1) is 16.9 Å². The average Bonchev–Trinajstić information content (AvgIpc) is 2.71. The second-order valence-electron chi connectivity index (χ2n) is 6.43. The maximum atomic E-state index is 12.3. The van der Waals surface area contributed by atoms with Crippen LogP contribution in [0.4, 0.5) is 0 Å². The molecule has 1 saturated carbocycles. The highest BCUT2D eigenvalue weighted by atomic mass is 16.3. The minimum atomic E-state index is -0.745. The van der Waals surface area contributed by atoms with E-state index >= 15 is 0 Å². The van der Waals surface area contributed by atoms with Crippen LogP contribution in [0.1, 0.15) is 60.8 Å². The molecule has 1 aromatic rings. The molecule has 1 heterocycles. The minimum absolute atomic E-state index is 0.135. The molecule has 0 atom stereocenters. The SMILES string of the molecule is CCC1CCC(O)(CNC(=O)c2c(C)nn(C)c2C)CC1. The molecular formula is C16H27N3O2. The second kappa shape index (κ2) is 6.18. The normalized spacial score (nSPS) is 25.9. The van der Waals surface area contributed by atoms with Crippen molar-refractivity contribution in [1.29, 1.82) is 0 Å². The molecule has 0 saturated heterocycles. The lowest BCUT2D eigenvalue weighted by Crippen LogP contribution is -2.45. The van der Waals surface area contributed by atoms with Crippen molar-refractivity contribution in [3.8, 4) is 0 Å². The van der Waals surface area contributed by atoms with Crippen molar-refractivity contribution in [3.05, 3.63) is 17.0 Å². The van der Waals surface area contributed by atoms with Crippen LogP contribution in [-0.2, 0) is 7.05 Å². The molecule has 0 unspecified atom stereocenters. The van der Waals surface area contributed by atoms with E-state index in [1.807, 2.05) is 20.9 Å². The molecule has 0 aromatic carbocycles. The monoisotopic (exact) mass is 293 g/mol. The van der Waals surface area contributed by atoms with Gasteiger partial charge in [0.25, 0.3) is 5.91 Å². The van der Waals surface area contributed by atoms with E-state index in [2.05, 4.69) is 17.3 Å². The molecule has 2 N–H and O–H groups in total. The standard InChI is InChI=1S/C16H27N3O2/c1-5-13-6-8-16(21,9-7-13)10-17-15(20)14-11(2)18-19(4)12(14)3/h13,21H,5-10H2,1-4H3,(H,17,20). The summed E-state index contributed by atoms with van der Waals surface area (Å²) in [5.74, 6) is 0.591. The number of aromatic nitrogens is 2. The van der Waals surface area contributed by atoms with E-state index in [1.54, 1.807) is 4.68 Å². The van der Waals surface area contributed by atoms with E-state index in [1.165, 1.54) is 6.42 Å². The number of rotatable bonds is 4. The van der Waals surface area contributed by atoms with E-state index in [0.29, 0.717) is 12.1 Å². The van der Waals surface area contributed by atoms with Gasteiger partial charge in [-0.25, -0.2) is 0 Å². The molecule has 1 aromatic heterocycles. The summed E-state index contributed by atoms with van der Waals surface area (Å²) in [4.78, 5) is 12.3. The summed E-state index contributed by atoms with van der Waals surface area (Å²) in [6, 6.07) is 0. The summed E-state index contributed by atoms with van der Waals surface area (Å²) in [6.45, 7) is 6.25. The Hall–Kier alpha value is -1.36. The molecule has 21 heavy (non-hydrogen) atoms. The fraction of sp³-hybridized carbons (Fsp3) is 0.750. The molecule has 5 nitrogen and oxygen atoms in total. The van der Waals surface area contributed by atoms with Crippen LogP contribution >= 0.6 is 0 Å². The van der Waals surface area contributed by atoms with Gasteiger partial charge in [-0.15, -0.1) is 0 Å². The third kappa shape index (κ3) is 3.46. The zero-order valence-corrected chi connectivity index (χ0v) is 13.6. The van der Waals surface area contributed by atoms with Gasteiger partial charge in [0.2, 0.25) is 0 Å². The van der Waals surface area contributed by atoms with E-state index in [9.17, 15) is 9.90 Å². The molecule has 0 spiro atoms. The van der Waals surface area contributed by atoms with Gasteiger partial charge in [-0.2, -0.15) is 5.10 Å². The van der Waals surface area contributed by atoms with Gasteiger partial charge in [0.1, 0.15) is 0 Å². The Morgan fingerprint density at radius 1 is 1.43 bits per heavy atom. The van der Waals surface area contributed by atoms with Crippen molar-refractivity contribution >= 4 is 5.91 Å². The van der Waals surface area contributed by atoms with Crippen molar-refractivity contribution in [1.82, 2.24) is 15.1 Å². The van der Waals surface area contributed by atoms with Crippen molar-refractivity contribution in [2.75, 3.05) is 6.54 Å². The summed E-state index contributed by atoms with van der Waals surface area (Å²) in [5.41, 5.74) is 1.47. The predicted octanol–water partition coefficient (Wildman–Crippen LogP) is 2.10. The number of carbonyl (C=O) groups excluding carboxylic acids is 1. The molecule has 5 heteroatoms. The molecule has 2 rings (SSSR count). The first-order valence-electron chi connectivity index (χ1n) is 7.87. The fourth-order valence-corrected chi connectivity index (χ4v) is 3.24. The largest absolute Gasteiger partial charge is 0.388 e. The Balaban J connectivity index is 1.95. The zero-order chi connectivity index (χ0) is 15.6. The summed E-state index contributed by atoms with van der Waals surface area (Å²) in [6.07, 6.45) is 4.83. The van der Waals surface area contributed by atoms with E-state index in [0.717, 1.165) is 43.0 Å². The van der Waals surface area contributed by atoms with Crippen molar-refractivity contribution < 1.29 is 9.90 Å². The lowest BCUT2D eigenvalue weighted by molar-refractivity contribution is -0.00788. The van der Waals surface area contributed by atoms with E-state index < -0.39 is 5.60 Å². The van der Waals surface area contributed by atoms with Crippen molar-refractivity contribution in [3.63, 3.8) is 0 Å². The van der Waals surface area contributed by atoms with Gasteiger partial charge < -0.3 is 10.4 Å². The highest BCUT2D eigenvalue weighted by molar-refractivity contribution is 5.96. The van der Waals surface area contributed by atoms with E-state index in [-0.39, 0.29) is 5.91 Å². The van der Waals surface area contributed by atoms with Crippen LogP contribution in [0.3, 0.4) is 0 Å². The second-order valence-corrected chi connectivity index (χ2v) is 6.43. The van der Waals surface area contributed by atoms with Gasteiger partial charge in [-0.3, -0.25) is 9.48 Å². The molecule has 0 radical (unpaired) electrons. The first-order valence-corrected chi connectivity index (χ1v) is 7.87. The number of aryl methyl sites for hydroxylation is 2. The molecule has 0 aliphatic heterocycles. The van der Waals surface area contributed by atoms with Crippen LogP contribution in [0.2, 0.25) is 0 Å². The number of hydrogen-bond acceptors (Lipinski definition) is 3. The maximum Gasteiger partial charge on any atom is 0.255 e. The van der Waals surface area contributed by atoms with Crippen molar-refractivity contribution in [2.45, 2.75) is 58.5 Å². The Morgan fingerprint density at radius 2 is 2.05 bits per heavy atom. The lowest BCUT2D eigenvalue weighted by Gasteiger charge is -2.35. The fourth-order valence-electron chi connectivity index (χ4n) is 3.24. The van der Waals surface area contributed by atoms with Gasteiger partial charge in [-0.05, 0) is 45.4 Å². The Kier molecular flexibility index (Phi) is 4.71. The van der Waals surface area contributed by atoms with Gasteiger partial charge >= 0.3 is 0 Å². The summed E-state index contributed by atoms with van der Waals surface area (Å²) >= 11 is 0. The summed E-state index contributed by atoms with van der Waals surface area (Å²) < 4.78 is 1.71. The summed E-state index contributed by atoms with van der Waals surface area (Å²) in [7, 11) is 1.83. The Bertz CT molecular complexity index is 514. The quantitative estimate of drug-likeness (QED) is 0.893. The lowest BCUT2D eigenvalue weighted by atomic mass is 9.78. The number of carbonyl (C=O) groups is 1. The third-order valence-corrected chi connectivity index (χ3v) is 4.93. The first-order chi connectivity index (χ1) is 9.86. The molecule has 118 valence electrons. The molecule has 1 fully saturated rings. The van der Waals surface area contributed by atoms with Crippen LogP contribution in [0.5, 0.6) is 0 Å². The van der Waals surface area contributed by atoms with Gasteiger partial charge in [0, 0.05) is 19.3 Å². The molecule has 1 amide bonds. The first kappa shape index (κ1) is 16.0. The van der Waals surface area contributed by atoms with Crippen LogP contribution in [-0.4, -0.2) is 32.9 Å². The maximum absolute atomic E-state index is 12.3. The van der Waals surface area contributed by atoms with Gasteiger partial charge in [0.15, 0.2) is 0 Å². The number of hydrogen-bond donors (Lipinski definition) is 2. The van der Waals surface area contributed by atoms with Gasteiger partial charge in [-0.1, -0.05) is 13.3 Å². The smallest absolute Gasteiger partial charge is 0.255 e. The summed E-state index contributed by atoms with van der Waals surface area (Å²) in [5, 5.41) is 17.7. The predicted molar refractivity (Wildman–Crippen MR) is 82.2 cm³/mol. The average molecular weight is 293 g/mol. The van der Waals surface area contributed by atoms with Crippen molar-refractivity contribution in [2.24, 2.45) is 13.0 Å². The minimum Gasteiger partial charge on any atom is -0.388 e. The molecule has 1 aliphatic carbocycles.